The summed E-state index contributed by atoms with van der Waals surface area (Å²) in [5.74, 6) is -1.40. The van der Waals surface area contributed by atoms with Crippen molar-refractivity contribution >= 4 is 0 Å². The first kappa shape index (κ1) is 22.9. The van der Waals surface area contributed by atoms with E-state index in [1.807, 2.05) is 49.4 Å². The van der Waals surface area contributed by atoms with E-state index < -0.39 is 23.6 Å². The molecule has 0 amide bonds. The van der Waals surface area contributed by atoms with Crippen LogP contribution in [-0.4, -0.2) is 62.6 Å². The Kier molecular flexibility index (Phi) is 6.07. The summed E-state index contributed by atoms with van der Waals surface area (Å²) in [5.41, 5.74) is 2.30. The number of aliphatic hydroxyl groups excluding tert-OH is 2. The van der Waals surface area contributed by atoms with Crippen LogP contribution in [0.3, 0.4) is 0 Å². The van der Waals surface area contributed by atoms with Crippen molar-refractivity contribution in [1.29, 1.82) is 0 Å². The molecule has 5 rings (SSSR count). The van der Waals surface area contributed by atoms with E-state index in [0.29, 0.717) is 39.6 Å². The number of aliphatic hydroxyl groups is 2. The standard InChI is InChI=1S/C26H32O7/c1-24(16-29-17-24)19-6-4-8-21(14-19)26(32-11-12-33-26)23(28)25(2,15-27)20-7-3-5-18(13-20)22-30-9-10-31-22/h3-8,13-14,22-23,27-28H,9-12,15-17H2,1-2H3. The lowest BCUT2D eigenvalue weighted by atomic mass is 9.72. The van der Waals surface area contributed by atoms with E-state index in [0.717, 1.165) is 22.3 Å². The van der Waals surface area contributed by atoms with Gasteiger partial charge in [-0.15, -0.1) is 0 Å². The lowest BCUT2D eigenvalue weighted by Gasteiger charge is -2.44. The van der Waals surface area contributed by atoms with Gasteiger partial charge in [-0.3, -0.25) is 0 Å². The van der Waals surface area contributed by atoms with E-state index in [4.69, 9.17) is 23.7 Å². The number of benzene rings is 2. The van der Waals surface area contributed by atoms with Gasteiger partial charge >= 0.3 is 0 Å². The van der Waals surface area contributed by atoms with Gasteiger partial charge in [-0.2, -0.15) is 0 Å². The summed E-state index contributed by atoms with van der Waals surface area (Å²) in [6, 6.07) is 15.6. The van der Waals surface area contributed by atoms with Crippen molar-refractivity contribution in [3.05, 3.63) is 70.8 Å². The predicted octanol–water partition coefficient (Wildman–Crippen LogP) is 2.53. The van der Waals surface area contributed by atoms with Gasteiger partial charge in [0.1, 0.15) is 6.10 Å². The summed E-state index contributed by atoms with van der Waals surface area (Å²) >= 11 is 0. The monoisotopic (exact) mass is 456 g/mol. The highest BCUT2D eigenvalue weighted by atomic mass is 16.7. The van der Waals surface area contributed by atoms with Gasteiger partial charge in [0.05, 0.1) is 46.2 Å². The van der Waals surface area contributed by atoms with E-state index in [1.54, 1.807) is 0 Å². The predicted molar refractivity (Wildman–Crippen MR) is 120 cm³/mol. The fourth-order valence-electron chi connectivity index (χ4n) is 4.94. The smallest absolute Gasteiger partial charge is 0.222 e. The van der Waals surface area contributed by atoms with Crippen LogP contribution < -0.4 is 0 Å². The molecule has 3 heterocycles. The fourth-order valence-corrected chi connectivity index (χ4v) is 4.94. The summed E-state index contributed by atoms with van der Waals surface area (Å²) in [4.78, 5) is 0. The number of hydrogen-bond acceptors (Lipinski definition) is 7. The molecule has 2 atom stereocenters. The van der Waals surface area contributed by atoms with Gasteiger partial charge < -0.3 is 33.9 Å². The van der Waals surface area contributed by atoms with Gasteiger partial charge in [0.2, 0.25) is 5.79 Å². The first-order valence-electron chi connectivity index (χ1n) is 11.5. The number of rotatable bonds is 7. The fraction of sp³-hybridized carbons (Fsp3) is 0.538. The minimum Gasteiger partial charge on any atom is -0.395 e. The van der Waals surface area contributed by atoms with Crippen molar-refractivity contribution in [2.45, 2.75) is 42.9 Å². The minimum absolute atomic E-state index is 0.0728. The lowest BCUT2D eigenvalue weighted by molar-refractivity contribution is -0.249. The third-order valence-electron chi connectivity index (χ3n) is 7.25. The molecule has 33 heavy (non-hydrogen) atoms. The van der Waals surface area contributed by atoms with E-state index in [1.165, 1.54) is 0 Å². The largest absolute Gasteiger partial charge is 0.395 e. The van der Waals surface area contributed by atoms with Gasteiger partial charge in [0.25, 0.3) is 0 Å². The van der Waals surface area contributed by atoms with Gasteiger partial charge in [-0.05, 0) is 23.3 Å². The highest BCUT2D eigenvalue weighted by Crippen LogP contribution is 2.45. The van der Waals surface area contributed by atoms with Crippen LogP contribution >= 0.6 is 0 Å². The van der Waals surface area contributed by atoms with E-state index in [-0.39, 0.29) is 12.0 Å². The van der Waals surface area contributed by atoms with Crippen molar-refractivity contribution < 1.29 is 33.9 Å². The molecule has 0 bridgehead atoms. The average molecular weight is 457 g/mol. The second-order valence-electron chi connectivity index (χ2n) is 9.68. The van der Waals surface area contributed by atoms with E-state index >= 15 is 0 Å². The maximum Gasteiger partial charge on any atom is 0.222 e. The SMILES string of the molecule is CC1(c2cccc(C3(C(O)C(C)(CO)c4cccc(C5OCCO5)c4)OCCO3)c2)COC1. The van der Waals surface area contributed by atoms with E-state index in [2.05, 4.69) is 13.0 Å². The van der Waals surface area contributed by atoms with Crippen LogP contribution in [0.5, 0.6) is 0 Å². The molecule has 7 heteroatoms. The van der Waals surface area contributed by atoms with Crippen LogP contribution in [0.1, 0.15) is 42.4 Å². The van der Waals surface area contributed by atoms with Crippen molar-refractivity contribution in [1.82, 2.24) is 0 Å². The molecule has 2 N–H and O–H groups in total. The van der Waals surface area contributed by atoms with Crippen LogP contribution in [0.15, 0.2) is 48.5 Å². The summed E-state index contributed by atoms with van der Waals surface area (Å²) < 4.78 is 29.0. The Hall–Kier alpha value is -1.84. The topological polar surface area (TPSA) is 86.6 Å². The third kappa shape index (κ3) is 3.82. The molecule has 0 saturated carbocycles. The number of ether oxygens (including phenoxy) is 5. The van der Waals surface area contributed by atoms with Crippen LogP contribution in [0.2, 0.25) is 0 Å². The number of hydrogen-bond donors (Lipinski definition) is 2. The zero-order valence-electron chi connectivity index (χ0n) is 19.2. The molecule has 178 valence electrons. The summed E-state index contributed by atoms with van der Waals surface area (Å²) in [7, 11) is 0. The molecule has 0 spiro atoms. The van der Waals surface area contributed by atoms with Crippen molar-refractivity contribution in [2.75, 3.05) is 46.2 Å². The Morgan fingerprint density at radius 2 is 1.64 bits per heavy atom. The Bertz CT molecular complexity index is 976. The molecule has 3 saturated heterocycles. The van der Waals surface area contributed by atoms with Crippen LogP contribution in [0, 0.1) is 0 Å². The average Bonchev–Trinajstić information content (AvgIpc) is 3.55. The zero-order valence-corrected chi connectivity index (χ0v) is 19.2. The first-order chi connectivity index (χ1) is 15.9. The highest BCUT2D eigenvalue weighted by molar-refractivity contribution is 5.38. The molecule has 2 aromatic rings. The maximum absolute atomic E-state index is 11.8. The third-order valence-corrected chi connectivity index (χ3v) is 7.25. The Balaban J connectivity index is 1.53. The summed E-state index contributed by atoms with van der Waals surface area (Å²) in [5, 5.41) is 22.4. The lowest BCUT2D eigenvalue weighted by Crippen LogP contribution is -2.54. The quantitative estimate of drug-likeness (QED) is 0.662. The van der Waals surface area contributed by atoms with Crippen molar-refractivity contribution in [3.8, 4) is 0 Å². The van der Waals surface area contributed by atoms with Crippen LogP contribution in [0.4, 0.5) is 0 Å². The molecule has 2 unspecified atom stereocenters. The van der Waals surface area contributed by atoms with Gasteiger partial charge in [-0.1, -0.05) is 50.2 Å². The van der Waals surface area contributed by atoms with Crippen LogP contribution in [0.25, 0.3) is 0 Å². The minimum atomic E-state index is -1.40. The molecule has 3 aliphatic heterocycles. The zero-order chi connectivity index (χ0) is 23.1. The summed E-state index contributed by atoms with van der Waals surface area (Å²) in [6.45, 7) is 6.78. The van der Waals surface area contributed by atoms with Crippen molar-refractivity contribution in [2.24, 2.45) is 0 Å². The molecular weight excluding hydrogens is 424 g/mol. The van der Waals surface area contributed by atoms with Gasteiger partial charge in [0.15, 0.2) is 6.29 Å². The molecule has 3 fully saturated rings. The summed E-state index contributed by atoms with van der Waals surface area (Å²) in [6.07, 6.45) is -1.63. The normalized spacial score (nSPS) is 24.8. The van der Waals surface area contributed by atoms with Crippen molar-refractivity contribution in [3.63, 3.8) is 0 Å². The molecule has 3 aliphatic rings. The molecule has 0 radical (unpaired) electrons. The highest BCUT2D eigenvalue weighted by Gasteiger charge is 2.54. The first-order valence-corrected chi connectivity index (χ1v) is 11.5. The van der Waals surface area contributed by atoms with Gasteiger partial charge in [-0.25, -0.2) is 0 Å². The van der Waals surface area contributed by atoms with E-state index in [9.17, 15) is 10.2 Å². The molecular formula is C26H32O7. The van der Waals surface area contributed by atoms with Gasteiger partial charge in [0, 0.05) is 22.0 Å². The molecule has 2 aromatic carbocycles. The molecule has 0 aliphatic carbocycles. The molecule has 0 aromatic heterocycles. The molecule has 7 nitrogen and oxygen atoms in total. The Labute approximate surface area is 194 Å². The Morgan fingerprint density at radius 1 is 0.970 bits per heavy atom. The second kappa shape index (κ2) is 8.74. The second-order valence-corrected chi connectivity index (χ2v) is 9.68. The maximum atomic E-state index is 11.8. The van der Waals surface area contributed by atoms with Crippen LogP contribution in [-0.2, 0) is 40.3 Å². The Morgan fingerprint density at radius 3 is 2.27 bits per heavy atom.